The second-order valence-electron chi connectivity index (χ2n) is 4.60. The molecule has 0 saturated heterocycles. The molecular weight excluding hydrogens is 264 g/mol. The van der Waals surface area contributed by atoms with E-state index in [0.29, 0.717) is 13.0 Å². The van der Waals surface area contributed by atoms with Crippen LogP contribution in [-0.4, -0.2) is 37.5 Å². The molecule has 0 saturated carbocycles. The Balaban J connectivity index is 2.59. The van der Waals surface area contributed by atoms with Gasteiger partial charge in [0.05, 0.1) is 6.10 Å². The maximum atomic E-state index is 11.8. The van der Waals surface area contributed by atoms with Crippen LogP contribution in [0, 0.1) is 0 Å². The first-order chi connectivity index (χ1) is 8.86. The molecule has 2 N–H and O–H groups in total. The van der Waals surface area contributed by atoms with Crippen LogP contribution >= 0.6 is 0 Å². The third-order valence-corrected chi connectivity index (χ3v) is 4.75. The molecule has 6 heteroatoms. The van der Waals surface area contributed by atoms with Crippen molar-refractivity contribution in [2.24, 2.45) is 0 Å². The zero-order valence-electron chi connectivity index (χ0n) is 11.6. The van der Waals surface area contributed by atoms with Gasteiger partial charge in [-0.05, 0) is 18.9 Å². The van der Waals surface area contributed by atoms with E-state index >= 15 is 0 Å². The Morgan fingerprint density at radius 1 is 1.32 bits per heavy atom. The largest absolute Gasteiger partial charge is 0.388 e. The molecule has 0 radical (unpaired) electrons. The fraction of sp³-hybridized carbons (Fsp3) is 0.538. The van der Waals surface area contributed by atoms with E-state index in [1.807, 2.05) is 30.3 Å². The Bertz CT molecular complexity index is 476. The van der Waals surface area contributed by atoms with Crippen molar-refractivity contribution in [2.45, 2.75) is 32.4 Å². The van der Waals surface area contributed by atoms with Gasteiger partial charge in [0, 0.05) is 19.6 Å². The van der Waals surface area contributed by atoms with Crippen molar-refractivity contribution in [1.29, 1.82) is 0 Å². The summed E-state index contributed by atoms with van der Waals surface area (Å²) in [5, 5.41) is 10.0. The van der Waals surface area contributed by atoms with Crippen molar-refractivity contribution in [1.82, 2.24) is 9.03 Å². The van der Waals surface area contributed by atoms with Crippen molar-refractivity contribution in [3.05, 3.63) is 35.9 Å². The summed E-state index contributed by atoms with van der Waals surface area (Å²) in [6.45, 7) is 3.92. The fourth-order valence-corrected chi connectivity index (χ4v) is 2.83. The topological polar surface area (TPSA) is 69.6 Å². The molecule has 1 aromatic rings. The second-order valence-corrected chi connectivity index (χ2v) is 6.41. The molecule has 5 nitrogen and oxygen atoms in total. The van der Waals surface area contributed by atoms with Gasteiger partial charge in [-0.3, -0.25) is 0 Å². The minimum absolute atomic E-state index is 0.334. The van der Waals surface area contributed by atoms with Gasteiger partial charge in [-0.2, -0.15) is 17.4 Å². The van der Waals surface area contributed by atoms with Crippen LogP contribution in [-0.2, 0) is 10.2 Å². The van der Waals surface area contributed by atoms with Gasteiger partial charge in [0.1, 0.15) is 0 Å². The lowest BCUT2D eigenvalue weighted by Crippen LogP contribution is -2.42. The van der Waals surface area contributed by atoms with E-state index in [1.165, 1.54) is 11.4 Å². The maximum Gasteiger partial charge on any atom is 0.279 e. The Hall–Kier alpha value is -0.950. The number of benzene rings is 1. The van der Waals surface area contributed by atoms with E-state index < -0.39 is 16.3 Å². The lowest BCUT2D eigenvalue weighted by molar-refractivity contribution is 0.157. The van der Waals surface area contributed by atoms with E-state index in [-0.39, 0.29) is 6.04 Å². The standard InChI is InChI=1S/C13H22N2O3S/c1-4-15(3)19(17,18)14-11(2)10-13(16)12-8-6-5-7-9-12/h5-9,11,13-14,16H,4,10H2,1-3H3. The summed E-state index contributed by atoms with van der Waals surface area (Å²) in [4.78, 5) is 0. The molecule has 2 atom stereocenters. The van der Waals surface area contributed by atoms with Crippen LogP contribution in [0.4, 0.5) is 0 Å². The van der Waals surface area contributed by atoms with E-state index in [0.717, 1.165) is 5.56 Å². The van der Waals surface area contributed by atoms with Gasteiger partial charge < -0.3 is 5.11 Å². The molecule has 1 rings (SSSR count). The van der Waals surface area contributed by atoms with Crippen LogP contribution in [0.1, 0.15) is 31.9 Å². The van der Waals surface area contributed by atoms with E-state index in [1.54, 1.807) is 13.8 Å². The summed E-state index contributed by atoms with van der Waals surface area (Å²) in [5.41, 5.74) is 0.789. The quantitative estimate of drug-likeness (QED) is 0.793. The zero-order valence-corrected chi connectivity index (χ0v) is 12.4. The predicted octanol–water partition coefficient (Wildman–Crippen LogP) is 1.28. The smallest absolute Gasteiger partial charge is 0.279 e. The molecule has 0 spiro atoms. The molecule has 2 unspecified atom stereocenters. The van der Waals surface area contributed by atoms with Gasteiger partial charge in [-0.15, -0.1) is 0 Å². The number of nitrogens with zero attached hydrogens (tertiary/aromatic N) is 1. The summed E-state index contributed by atoms with van der Waals surface area (Å²) >= 11 is 0. The average Bonchev–Trinajstić information content (AvgIpc) is 2.37. The number of aliphatic hydroxyl groups is 1. The first-order valence-corrected chi connectivity index (χ1v) is 7.77. The molecule has 0 fully saturated rings. The van der Waals surface area contributed by atoms with Crippen molar-refractivity contribution < 1.29 is 13.5 Å². The van der Waals surface area contributed by atoms with E-state index in [9.17, 15) is 13.5 Å². The van der Waals surface area contributed by atoms with Crippen LogP contribution < -0.4 is 4.72 Å². The Morgan fingerprint density at radius 2 is 1.89 bits per heavy atom. The second kappa shape index (κ2) is 7.00. The van der Waals surface area contributed by atoms with Crippen molar-refractivity contribution >= 4 is 10.2 Å². The van der Waals surface area contributed by atoms with Crippen LogP contribution in [0.5, 0.6) is 0 Å². The van der Waals surface area contributed by atoms with E-state index in [4.69, 9.17) is 0 Å². The normalized spacial score (nSPS) is 15.4. The molecule has 19 heavy (non-hydrogen) atoms. The molecule has 0 bridgehead atoms. The first-order valence-electron chi connectivity index (χ1n) is 6.33. The number of hydrogen-bond acceptors (Lipinski definition) is 3. The average molecular weight is 286 g/mol. The molecule has 108 valence electrons. The highest BCUT2D eigenvalue weighted by molar-refractivity contribution is 7.87. The molecule has 0 heterocycles. The maximum absolute atomic E-state index is 11.8. The summed E-state index contributed by atoms with van der Waals surface area (Å²) in [6.07, 6.45) is -0.341. The molecule has 0 aliphatic rings. The number of rotatable bonds is 7. The fourth-order valence-electron chi connectivity index (χ4n) is 1.71. The number of hydrogen-bond donors (Lipinski definition) is 2. The molecule has 0 aromatic heterocycles. The Labute approximate surface area is 115 Å². The number of nitrogens with one attached hydrogen (secondary N) is 1. The summed E-state index contributed by atoms with van der Waals surface area (Å²) in [7, 11) is -1.95. The van der Waals surface area contributed by atoms with Crippen molar-refractivity contribution in [2.75, 3.05) is 13.6 Å². The highest BCUT2D eigenvalue weighted by Crippen LogP contribution is 2.18. The Morgan fingerprint density at radius 3 is 2.42 bits per heavy atom. The van der Waals surface area contributed by atoms with Gasteiger partial charge in [-0.25, -0.2) is 0 Å². The highest BCUT2D eigenvalue weighted by Gasteiger charge is 2.20. The van der Waals surface area contributed by atoms with Crippen LogP contribution in [0.3, 0.4) is 0 Å². The molecule has 0 amide bonds. The zero-order chi connectivity index (χ0) is 14.5. The van der Waals surface area contributed by atoms with Crippen molar-refractivity contribution in [3.8, 4) is 0 Å². The summed E-state index contributed by atoms with van der Waals surface area (Å²) in [5.74, 6) is 0. The number of aliphatic hydroxyl groups excluding tert-OH is 1. The van der Waals surface area contributed by atoms with E-state index in [2.05, 4.69) is 4.72 Å². The minimum Gasteiger partial charge on any atom is -0.388 e. The SMILES string of the molecule is CCN(C)S(=O)(=O)NC(C)CC(O)c1ccccc1. The third-order valence-electron chi connectivity index (χ3n) is 2.97. The van der Waals surface area contributed by atoms with Gasteiger partial charge >= 0.3 is 0 Å². The van der Waals surface area contributed by atoms with Gasteiger partial charge in [-0.1, -0.05) is 37.3 Å². The molecule has 1 aromatic carbocycles. The van der Waals surface area contributed by atoms with Crippen molar-refractivity contribution in [3.63, 3.8) is 0 Å². The predicted molar refractivity (Wildman–Crippen MR) is 75.8 cm³/mol. The molecular formula is C13H22N2O3S. The minimum atomic E-state index is -3.47. The Kier molecular flexibility index (Phi) is 5.93. The third kappa shape index (κ3) is 4.91. The van der Waals surface area contributed by atoms with Crippen LogP contribution in [0.2, 0.25) is 0 Å². The monoisotopic (exact) mass is 286 g/mol. The lowest BCUT2D eigenvalue weighted by Gasteiger charge is -2.21. The molecule has 0 aliphatic carbocycles. The first kappa shape index (κ1) is 16.1. The summed E-state index contributed by atoms with van der Waals surface area (Å²) in [6, 6.07) is 8.87. The van der Waals surface area contributed by atoms with Gasteiger partial charge in [0.2, 0.25) is 0 Å². The van der Waals surface area contributed by atoms with Crippen LogP contribution in [0.25, 0.3) is 0 Å². The lowest BCUT2D eigenvalue weighted by atomic mass is 10.0. The summed E-state index contributed by atoms with van der Waals surface area (Å²) < 4.78 is 27.4. The highest BCUT2D eigenvalue weighted by atomic mass is 32.2. The van der Waals surface area contributed by atoms with Gasteiger partial charge in [0.15, 0.2) is 0 Å². The molecule has 0 aliphatic heterocycles. The van der Waals surface area contributed by atoms with Crippen LogP contribution in [0.15, 0.2) is 30.3 Å². The van der Waals surface area contributed by atoms with Gasteiger partial charge in [0.25, 0.3) is 10.2 Å².